The minimum Gasteiger partial charge on any atom is -0.391 e. The highest BCUT2D eigenvalue weighted by Crippen LogP contribution is 2.35. The van der Waals surface area contributed by atoms with Gasteiger partial charge in [0.05, 0.1) is 24.1 Å². The molecule has 0 saturated heterocycles. The largest absolute Gasteiger partial charge is 0.391 e. The van der Waals surface area contributed by atoms with E-state index in [0.29, 0.717) is 18.7 Å². The molecule has 1 saturated carbocycles. The van der Waals surface area contributed by atoms with Crippen molar-refractivity contribution in [3.05, 3.63) is 30.0 Å². The summed E-state index contributed by atoms with van der Waals surface area (Å²) in [4.78, 5) is 4.75. The number of rotatable bonds is 3. The average Bonchev–Trinajstić information content (AvgIpc) is 3.28. The molecule has 0 amide bonds. The lowest BCUT2D eigenvalue weighted by molar-refractivity contribution is 0.163. The fraction of sp³-hybridized carbons (Fsp3) is 0.467. The van der Waals surface area contributed by atoms with E-state index in [1.54, 1.807) is 21.8 Å². The molecule has 4 rings (SSSR count). The van der Waals surface area contributed by atoms with Crippen molar-refractivity contribution in [1.29, 1.82) is 0 Å². The average molecular weight is 328 g/mol. The van der Waals surface area contributed by atoms with E-state index in [-0.39, 0.29) is 12.0 Å². The van der Waals surface area contributed by atoms with Gasteiger partial charge in [-0.05, 0) is 19.8 Å². The third-order valence-electron chi connectivity index (χ3n) is 4.66. The smallest absolute Gasteiger partial charge is 0.185 e. The summed E-state index contributed by atoms with van der Waals surface area (Å²) in [5.41, 5.74) is 7.76. The Kier molecular flexibility index (Phi) is 3.47. The summed E-state index contributed by atoms with van der Waals surface area (Å²) >= 11 is 0. The van der Waals surface area contributed by atoms with E-state index in [9.17, 15) is 5.11 Å². The molecule has 0 bridgehead atoms. The first-order valence-electron chi connectivity index (χ1n) is 7.94. The van der Waals surface area contributed by atoms with E-state index >= 15 is 0 Å². The Morgan fingerprint density at radius 2 is 2.21 bits per heavy atom. The third-order valence-corrected chi connectivity index (χ3v) is 4.66. The van der Waals surface area contributed by atoms with E-state index in [4.69, 9.17) is 10.7 Å². The lowest BCUT2D eigenvalue weighted by Gasteiger charge is -2.10. The molecule has 24 heavy (non-hydrogen) atoms. The highest BCUT2D eigenvalue weighted by atomic mass is 16.3. The summed E-state index contributed by atoms with van der Waals surface area (Å²) in [7, 11) is 1.86. The maximum atomic E-state index is 10.0. The van der Waals surface area contributed by atoms with Gasteiger partial charge in [0.2, 0.25) is 0 Å². The third kappa shape index (κ3) is 2.33. The van der Waals surface area contributed by atoms with Crippen LogP contribution in [0, 0.1) is 6.92 Å². The van der Waals surface area contributed by atoms with Gasteiger partial charge in [0, 0.05) is 30.8 Å². The number of aliphatic hydroxyl groups is 1. The zero-order valence-corrected chi connectivity index (χ0v) is 13.6. The first-order chi connectivity index (χ1) is 11.5. The molecule has 126 valence electrons. The minimum atomic E-state index is -0.509. The quantitative estimate of drug-likeness (QED) is 0.634. The van der Waals surface area contributed by atoms with Gasteiger partial charge in [-0.2, -0.15) is 14.9 Å². The van der Waals surface area contributed by atoms with Crippen LogP contribution < -0.4 is 5.73 Å². The number of H-pyrrole nitrogens is 1. The van der Waals surface area contributed by atoms with Gasteiger partial charge in [0.1, 0.15) is 5.82 Å². The summed E-state index contributed by atoms with van der Waals surface area (Å²) < 4.78 is 3.54. The SMILES string of the molecule is Cc1[nH]ncc1-c1nc([C@H]2C[C@H](N)[C@@H](O)C2)n(-c2ccnn2C)n1. The summed E-state index contributed by atoms with van der Waals surface area (Å²) in [5.74, 6) is 2.27. The number of hydrogen-bond donors (Lipinski definition) is 3. The summed E-state index contributed by atoms with van der Waals surface area (Å²) in [5, 5.41) is 25.9. The van der Waals surface area contributed by atoms with Crippen molar-refractivity contribution >= 4 is 0 Å². The van der Waals surface area contributed by atoms with Crippen LogP contribution in [0.15, 0.2) is 18.5 Å². The van der Waals surface area contributed by atoms with Gasteiger partial charge < -0.3 is 10.8 Å². The summed E-state index contributed by atoms with van der Waals surface area (Å²) in [6.07, 6.45) is 4.20. The number of nitrogens with zero attached hydrogens (tertiary/aromatic N) is 6. The number of nitrogens with one attached hydrogen (secondary N) is 1. The zero-order valence-electron chi connectivity index (χ0n) is 13.6. The molecule has 3 aromatic heterocycles. The summed E-state index contributed by atoms with van der Waals surface area (Å²) in [6.45, 7) is 1.93. The van der Waals surface area contributed by atoms with Crippen LogP contribution in [0.4, 0.5) is 0 Å². The van der Waals surface area contributed by atoms with E-state index in [0.717, 1.165) is 22.9 Å². The van der Waals surface area contributed by atoms with E-state index in [1.807, 2.05) is 20.0 Å². The molecule has 3 aromatic rings. The van der Waals surface area contributed by atoms with Crippen LogP contribution in [0.5, 0.6) is 0 Å². The van der Waals surface area contributed by atoms with Crippen LogP contribution in [0.1, 0.15) is 30.3 Å². The molecule has 1 fully saturated rings. The van der Waals surface area contributed by atoms with Crippen molar-refractivity contribution in [3.8, 4) is 17.2 Å². The molecule has 0 spiro atoms. The normalized spacial score (nSPS) is 23.9. The Labute approximate surface area is 138 Å². The Morgan fingerprint density at radius 3 is 2.79 bits per heavy atom. The molecule has 9 heteroatoms. The Hall–Kier alpha value is -2.52. The molecular weight excluding hydrogens is 308 g/mol. The van der Waals surface area contributed by atoms with Crippen LogP contribution in [-0.4, -0.2) is 52.0 Å². The molecule has 1 aliphatic carbocycles. The van der Waals surface area contributed by atoms with Gasteiger partial charge in [-0.3, -0.25) is 9.78 Å². The van der Waals surface area contributed by atoms with Crippen LogP contribution >= 0.6 is 0 Å². The van der Waals surface area contributed by atoms with Crippen molar-refractivity contribution in [2.24, 2.45) is 12.8 Å². The molecule has 0 radical (unpaired) electrons. The van der Waals surface area contributed by atoms with Crippen LogP contribution in [0.25, 0.3) is 17.2 Å². The molecule has 0 unspecified atom stereocenters. The van der Waals surface area contributed by atoms with Crippen molar-refractivity contribution in [2.45, 2.75) is 37.8 Å². The topological polar surface area (TPSA) is 123 Å². The predicted molar refractivity (Wildman–Crippen MR) is 86.4 cm³/mol. The first-order valence-corrected chi connectivity index (χ1v) is 7.94. The highest BCUT2D eigenvalue weighted by molar-refractivity contribution is 5.56. The van der Waals surface area contributed by atoms with E-state index < -0.39 is 6.10 Å². The monoisotopic (exact) mass is 328 g/mol. The van der Waals surface area contributed by atoms with E-state index in [1.165, 1.54) is 0 Å². The number of aromatic nitrogens is 7. The maximum Gasteiger partial charge on any atom is 0.185 e. The minimum absolute atomic E-state index is 0.0540. The zero-order chi connectivity index (χ0) is 16.8. The summed E-state index contributed by atoms with van der Waals surface area (Å²) in [6, 6.07) is 1.65. The molecule has 0 aliphatic heterocycles. The number of nitrogens with two attached hydrogens (primary N) is 1. The number of aliphatic hydroxyl groups excluding tert-OH is 1. The van der Waals surface area contributed by atoms with E-state index in [2.05, 4.69) is 20.4 Å². The second-order valence-corrected chi connectivity index (χ2v) is 6.33. The lowest BCUT2D eigenvalue weighted by atomic mass is 10.1. The van der Waals surface area contributed by atoms with Gasteiger partial charge in [-0.25, -0.2) is 4.98 Å². The number of aryl methyl sites for hydroxylation is 2. The van der Waals surface area contributed by atoms with Gasteiger partial charge in [0.15, 0.2) is 11.6 Å². The van der Waals surface area contributed by atoms with Crippen molar-refractivity contribution < 1.29 is 5.11 Å². The van der Waals surface area contributed by atoms with Gasteiger partial charge in [-0.1, -0.05) is 0 Å². The Bertz CT molecular complexity index is 853. The standard InChI is InChI=1S/C15H20N8O/c1-8-10(7-17-20-8)14-19-15(9-5-11(16)12(24)6-9)23(21-14)13-3-4-18-22(13)2/h3-4,7,9,11-12,24H,5-6,16H2,1-2H3,(H,17,20)/t9-,11-,12-/m0/s1. The van der Waals surface area contributed by atoms with Crippen molar-refractivity contribution in [3.63, 3.8) is 0 Å². The van der Waals surface area contributed by atoms with Gasteiger partial charge in [-0.15, -0.1) is 5.10 Å². The molecule has 4 N–H and O–H groups in total. The molecule has 3 heterocycles. The highest BCUT2D eigenvalue weighted by Gasteiger charge is 2.35. The Balaban J connectivity index is 1.83. The molecular formula is C15H20N8O. The maximum absolute atomic E-state index is 10.0. The second kappa shape index (κ2) is 5.53. The van der Waals surface area contributed by atoms with Gasteiger partial charge >= 0.3 is 0 Å². The second-order valence-electron chi connectivity index (χ2n) is 6.33. The number of aromatic amines is 1. The van der Waals surface area contributed by atoms with Crippen LogP contribution in [0.2, 0.25) is 0 Å². The molecule has 0 aromatic carbocycles. The first kappa shape index (κ1) is 15.0. The lowest BCUT2D eigenvalue weighted by Crippen LogP contribution is -2.28. The molecule has 3 atom stereocenters. The predicted octanol–water partition coefficient (Wildman–Crippen LogP) is 0.265. The Morgan fingerprint density at radius 1 is 1.38 bits per heavy atom. The fourth-order valence-corrected chi connectivity index (χ4v) is 3.28. The molecule has 9 nitrogen and oxygen atoms in total. The van der Waals surface area contributed by atoms with Crippen molar-refractivity contribution in [2.75, 3.05) is 0 Å². The fourth-order valence-electron chi connectivity index (χ4n) is 3.28. The van der Waals surface area contributed by atoms with Crippen LogP contribution in [0.3, 0.4) is 0 Å². The van der Waals surface area contributed by atoms with Crippen LogP contribution in [-0.2, 0) is 7.05 Å². The van der Waals surface area contributed by atoms with Crippen molar-refractivity contribution in [1.82, 2.24) is 34.7 Å². The van der Waals surface area contributed by atoms with Gasteiger partial charge in [0.25, 0.3) is 0 Å². The number of hydrogen-bond acceptors (Lipinski definition) is 6. The molecule has 1 aliphatic rings.